The number of aryl methyl sites for hydroxylation is 2. The van der Waals surface area contributed by atoms with Gasteiger partial charge < -0.3 is 14.4 Å². The van der Waals surface area contributed by atoms with Crippen molar-refractivity contribution < 1.29 is 22.7 Å². The van der Waals surface area contributed by atoms with Crippen molar-refractivity contribution in [2.45, 2.75) is 24.2 Å². The molecule has 0 spiro atoms. The van der Waals surface area contributed by atoms with Gasteiger partial charge in [-0.3, -0.25) is 4.79 Å². The predicted molar refractivity (Wildman–Crippen MR) is 122 cm³/mol. The Labute approximate surface area is 189 Å². The summed E-state index contributed by atoms with van der Waals surface area (Å²) in [5.41, 5.74) is 3.15. The van der Waals surface area contributed by atoms with E-state index in [1.807, 2.05) is 18.2 Å². The molecule has 0 radical (unpaired) electrons. The van der Waals surface area contributed by atoms with Crippen LogP contribution in [0.25, 0.3) is 6.08 Å². The molecule has 1 aliphatic heterocycles. The average molecular weight is 457 g/mol. The van der Waals surface area contributed by atoms with E-state index >= 15 is 0 Å². The van der Waals surface area contributed by atoms with Crippen LogP contribution in [0.1, 0.15) is 23.1 Å². The van der Waals surface area contributed by atoms with Crippen LogP contribution in [0.3, 0.4) is 0 Å². The summed E-state index contributed by atoms with van der Waals surface area (Å²) in [5.74, 6) is 1.13. The first-order chi connectivity index (χ1) is 15.4. The van der Waals surface area contributed by atoms with Crippen molar-refractivity contribution in [3.8, 4) is 11.5 Å². The molecule has 0 bridgehead atoms. The zero-order chi connectivity index (χ0) is 22.7. The molecule has 1 heterocycles. The SMILES string of the molecule is COc1ccc(/C=C/C(=O)N2CCN(S(=O)(=O)c3ccc4c(c3)CCC4)CC2)c(OC)c1. The summed E-state index contributed by atoms with van der Waals surface area (Å²) < 4.78 is 38.2. The molecule has 170 valence electrons. The molecular formula is C24H28N2O5S. The normalized spacial score (nSPS) is 16.9. The fraction of sp³-hybridized carbons (Fsp3) is 0.375. The van der Waals surface area contributed by atoms with E-state index in [-0.39, 0.29) is 19.0 Å². The summed E-state index contributed by atoms with van der Waals surface area (Å²) in [6, 6.07) is 10.8. The number of ether oxygens (including phenoxy) is 2. The van der Waals surface area contributed by atoms with Gasteiger partial charge in [0.2, 0.25) is 15.9 Å². The second kappa shape index (κ2) is 9.34. The molecule has 0 saturated carbocycles. The highest BCUT2D eigenvalue weighted by atomic mass is 32.2. The third kappa shape index (κ3) is 4.52. The predicted octanol–water partition coefficient (Wildman–Crippen LogP) is 2.74. The second-order valence-electron chi connectivity index (χ2n) is 7.95. The van der Waals surface area contributed by atoms with Crippen LogP contribution in [0.4, 0.5) is 0 Å². The van der Waals surface area contributed by atoms with Gasteiger partial charge in [0, 0.05) is 43.9 Å². The summed E-state index contributed by atoms with van der Waals surface area (Å²) in [6.07, 6.45) is 6.23. The quantitative estimate of drug-likeness (QED) is 0.625. The Balaban J connectivity index is 1.39. The van der Waals surface area contributed by atoms with Crippen LogP contribution in [0.15, 0.2) is 47.4 Å². The Hall–Kier alpha value is -2.84. The number of nitrogens with zero attached hydrogens (tertiary/aromatic N) is 2. The molecular weight excluding hydrogens is 428 g/mol. The molecule has 0 aromatic heterocycles. The summed E-state index contributed by atoms with van der Waals surface area (Å²) in [4.78, 5) is 14.7. The minimum atomic E-state index is -3.55. The molecule has 1 amide bonds. The molecule has 1 saturated heterocycles. The minimum Gasteiger partial charge on any atom is -0.497 e. The third-order valence-electron chi connectivity index (χ3n) is 6.10. The number of rotatable bonds is 6. The Morgan fingerprint density at radius 1 is 0.938 bits per heavy atom. The van der Waals surface area contributed by atoms with E-state index in [0.29, 0.717) is 29.5 Å². The number of hydrogen-bond donors (Lipinski definition) is 0. The van der Waals surface area contributed by atoms with E-state index in [9.17, 15) is 13.2 Å². The first-order valence-corrected chi connectivity index (χ1v) is 12.2. The lowest BCUT2D eigenvalue weighted by Gasteiger charge is -2.33. The lowest BCUT2D eigenvalue weighted by molar-refractivity contribution is -0.127. The molecule has 0 atom stereocenters. The lowest BCUT2D eigenvalue weighted by atomic mass is 10.1. The topological polar surface area (TPSA) is 76.2 Å². The van der Waals surface area contributed by atoms with E-state index in [4.69, 9.17) is 9.47 Å². The lowest BCUT2D eigenvalue weighted by Crippen LogP contribution is -2.50. The fourth-order valence-corrected chi connectivity index (χ4v) is 5.70. The van der Waals surface area contributed by atoms with E-state index in [2.05, 4.69) is 0 Å². The van der Waals surface area contributed by atoms with Crippen LogP contribution >= 0.6 is 0 Å². The highest BCUT2D eigenvalue weighted by Crippen LogP contribution is 2.27. The number of fused-ring (bicyclic) bond motifs is 1. The van der Waals surface area contributed by atoms with Crippen LogP contribution in [-0.2, 0) is 27.7 Å². The van der Waals surface area contributed by atoms with E-state index in [0.717, 1.165) is 30.4 Å². The Bertz CT molecular complexity index is 1140. The monoisotopic (exact) mass is 456 g/mol. The van der Waals surface area contributed by atoms with Crippen molar-refractivity contribution in [2.75, 3.05) is 40.4 Å². The number of hydrogen-bond acceptors (Lipinski definition) is 5. The van der Waals surface area contributed by atoms with Crippen LogP contribution in [0.5, 0.6) is 11.5 Å². The maximum absolute atomic E-state index is 13.1. The average Bonchev–Trinajstić information content (AvgIpc) is 3.30. The molecule has 4 rings (SSSR count). The number of carbonyl (C=O) groups excluding carboxylic acids is 1. The van der Waals surface area contributed by atoms with Gasteiger partial charge in [-0.2, -0.15) is 4.31 Å². The van der Waals surface area contributed by atoms with Crippen molar-refractivity contribution in [1.29, 1.82) is 0 Å². The molecule has 2 aromatic rings. The smallest absolute Gasteiger partial charge is 0.246 e. The van der Waals surface area contributed by atoms with Crippen molar-refractivity contribution in [2.24, 2.45) is 0 Å². The van der Waals surface area contributed by atoms with Crippen LogP contribution < -0.4 is 9.47 Å². The highest BCUT2D eigenvalue weighted by molar-refractivity contribution is 7.89. The molecule has 8 heteroatoms. The van der Waals surface area contributed by atoms with Gasteiger partial charge in [-0.05, 0) is 60.7 Å². The van der Waals surface area contributed by atoms with Gasteiger partial charge >= 0.3 is 0 Å². The van der Waals surface area contributed by atoms with Gasteiger partial charge in [-0.1, -0.05) is 6.07 Å². The van der Waals surface area contributed by atoms with Crippen molar-refractivity contribution >= 4 is 22.0 Å². The Morgan fingerprint density at radius 3 is 2.41 bits per heavy atom. The van der Waals surface area contributed by atoms with Gasteiger partial charge in [-0.25, -0.2) is 8.42 Å². The zero-order valence-electron chi connectivity index (χ0n) is 18.4. The van der Waals surface area contributed by atoms with Crippen molar-refractivity contribution in [3.63, 3.8) is 0 Å². The first-order valence-electron chi connectivity index (χ1n) is 10.7. The zero-order valence-corrected chi connectivity index (χ0v) is 19.2. The Morgan fingerprint density at radius 2 is 1.69 bits per heavy atom. The molecule has 1 aliphatic carbocycles. The van der Waals surface area contributed by atoms with E-state index in [1.54, 1.807) is 43.4 Å². The van der Waals surface area contributed by atoms with Gasteiger partial charge in [0.05, 0.1) is 19.1 Å². The van der Waals surface area contributed by atoms with Gasteiger partial charge in [0.15, 0.2) is 0 Å². The summed E-state index contributed by atoms with van der Waals surface area (Å²) in [6.45, 7) is 1.27. The van der Waals surface area contributed by atoms with Gasteiger partial charge in [0.1, 0.15) is 11.5 Å². The number of sulfonamides is 1. The fourth-order valence-electron chi connectivity index (χ4n) is 4.23. The summed E-state index contributed by atoms with van der Waals surface area (Å²) >= 11 is 0. The Kier molecular flexibility index (Phi) is 6.53. The second-order valence-corrected chi connectivity index (χ2v) is 9.89. The molecule has 1 fully saturated rings. The van der Waals surface area contributed by atoms with Crippen molar-refractivity contribution in [3.05, 3.63) is 59.2 Å². The molecule has 2 aliphatic rings. The number of methoxy groups -OCH3 is 2. The largest absolute Gasteiger partial charge is 0.497 e. The number of carbonyl (C=O) groups is 1. The number of amides is 1. The highest BCUT2D eigenvalue weighted by Gasteiger charge is 2.30. The summed E-state index contributed by atoms with van der Waals surface area (Å²) in [7, 11) is -0.409. The molecule has 7 nitrogen and oxygen atoms in total. The molecule has 0 unspecified atom stereocenters. The molecule has 2 aromatic carbocycles. The maximum Gasteiger partial charge on any atom is 0.246 e. The third-order valence-corrected chi connectivity index (χ3v) is 8.00. The van der Waals surface area contributed by atoms with Crippen LogP contribution in [0.2, 0.25) is 0 Å². The van der Waals surface area contributed by atoms with Crippen LogP contribution in [-0.4, -0.2) is 63.9 Å². The van der Waals surface area contributed by atoms with Crippen molar-refractivity contribution in [1.82, 2.24) is 9.21 Å². The molecule has 32 heavy (non-hydrogen) atoms. The van der Waals surface area contributed by atoms with Crippen LogP contribution in [0, 0.1) is 0 Å². The van der Waals surface area contributed by atoms with Gasteiger partial charge in [0.25, 0.3) is 0 Å². The standard InChI is InChI=1S/C24H28N2O5S/c1-30-21-9-6-19(23(17-21)31-2)8-11-24(27)25-12-14-26(15-13-25)32(28,29)22-10-7-18-4-3-5-20(18)16-22/h6-11,16-17H,3-5,12-15H2,1-2H3/b11-8+. The van der Waals surface area contributed by atoms with Gasteiger partial charge in [-0.15, -0.1) is 0 Å². The van der Waals surface area contributed by atoms with E-state index in [1.165, 1.54) is 15.9 Å². The first kappa shape index (κ1) is 22.4. The number of piperazine rings is 1. The minimum absolute atomic E-state index is 0.155. The maximum atomic E-state index is 13.1. The molecule has 0 N–H and O–H groups in total. The van der Waals surface area contributed by atoms with E-state index < -0.39 is 10.0 Å². The summed E-state index contributed by atoms with van der Waals surface area (Å²) in [5, 5.41) is 0. The number of benzene rings is 2.